The molecule has 0 saturated carbocycles. The number of hydrogen-bond acceptors (Lipinski definition) is 5. The number of aromatic nitrogens is 1. The lowest BCUT2D eigenvalue weighted by Crippen LogP contribution is -2.49. The summed E-state index contributed by atoms with van der Waals surface area (Å²) in [5.74, 6) is -0.732. The molecule has 8 nitrogen and oxygen atoms in total. The Hall–Kier alpha value is -2.72. The van der Waals surface area contributed by atoms with Crippen LogP contribution in [-0.4, -0.2) is 62.1 Å². The van der Waals surface area contributed by atoms with Crippen LogP contribution in [0.4, 0.5) is 10.1 Å². The van der Waals surface area contributed by atoms with Gasteiger partial charge in [-0.1, -0.05) is 0 Å². The molecule has 0 aliphatic carbocycles. The maximum Gasteiger partial charge on any atom is 0.252 e. The van der Waals surface area contributed by atoms with Gasteiger partial charge in [-0.15, -0.1) is 0 Å². The molecule has 1 saturated heterocycles. The largest absolute Gasteiger partial charge is 0.369 e. The molecule has 1 aromatic carbocycles. The smallest absolute Gasteiger partial charge is 0.252 e. The van der Waals surface area contributed by atoms with E-state index in [9.17, 15) is 22.4 Å². The molecular weight excluding hydrogens is 399 g/mol. The van der Waals surface area contributed by atoms with E-state index in [0.29, 0.717) is 31.7 Å². The van der Waals surface area contributed by atoms with E-state index in [1.807, 2.05) is 4.90 Å². The van der Waals surface area contributed by atoms with Crippen LogP contribution < -0.4 is 15.8 Å². The predicted octanol–water partition coefficient (Wildman–Crippen LogP) is 0.786. The molecule has 3 rings (SSSR count). The van der Waals surface area contributed by atoms with Crippen LogP contribution >= 0.6 is 0 Å². The second-order valence-corrected chi connectivity index (χ2v) is 8.82. The molecule has 0 bridgehead atoms. The lowest BCUT2D eigenvalue weighted by atomic mass is 10.2. The number of hydrogen-bond donors (Lipinski definition) is 2. The van der Waals surface area contributed by atoms with Crippen LogP contribution in [0, 0.1) is 5.82 Å². The number of benzene rings is 1. The summed E-state index contributed by atoms with van der Waals surface area (Å²) in [6.07, 6.45) is 1.60. The molecule has 0 spiro atoms. The quantitative estimate of drug-likeness (QED) is 0.642. The highest BCUT2D eigenvalue weighted by Crippen LogP contribution is 2.18. The van der Waals surface area contributed by atoms with Gasteiger partial charge in [-0.2, -0.15) is 4.31 Å². The van der Waals surface area contributed by atoms with Gasteiger partial charge in [-0.3, -0.25) is 9.59 Å². The van der Waals surface area contributed by atoms with E-state index in [0.717, 1.165) is 5.69 Å². The molecule has 2 aromatic rings. The fourth-order valence-electron chi connectivity index (χ4n) is 3.12. The average molecular weight is 422 g/mol. The van der Waals surface area contributed by atoms with Crippen molar-refractivity contribution in [3.05, 3.63) is 64.3 Å². The lowest BCUT2D eigenvalue weighted by molar-refractivity contribution is 0.0953. The third-order valence-corrected chi connectivity index (χ3v) is 6.69. The second kappa shape index (κ2) is 9.19. The number of anilines is 1. The summed E-state index contributed by atoms with van der Waals surface area (Å²) in [4.78, 5) is 27.4. The van der Waals surface area contributed by atoms with Crippen molar-refractivity contribution in [2.45, 2.75) is 6.42 Å². The van der Waals surface area contributed by atoms with Gasteiger partial charge in [-0.05, 0) is 36.8 Å². The number of piperazine rings is 1. The summed E-state index contributed by atoms with van der Waals surface area (Å²) >= 11 is 0. The highest BCUT2D eigenvalue weighted by atomic mass is 32.2. The highest BCUT2D eigenvalue weighted by Gasteiger charge is 2.26. The number of amides is 1. The van der Waals surface area contributed by atoms with Crippen LogP contribution in [0.25, 0.3) is 0 Å². The fourth-order valence-corrected chi connectivity index (χ4v) is 4.60. The van der Waals surface area contributed by atoms with Gasteiger partial charge in [-0.25, -0.2) is 12.8 Å². The number of aromatic amines is 1. The number of rotatable bonds is 7. The maximum atomic E-state index is 13.0. The first kappa shape index (κ1) is 21.0. The summed E-state index contributed by atoms with van der Waals surface area (Å²) in [6, 6.07) is 8.81. The Kier molecular flexibility index (Phi) is 6.65. The first-order valence-corrected chi connectivity index (χ1v) is 10.9. The van der Waals surface area contributed by atoms with Crippen LogP contribution in [0.2, 0.25) is 0 Å². The number of carbonyl (C=O) groups is 1. The molecule has 0 unspecified atom stereocenters. The van der Waals surface area contributed by atoms with E-state index in [-0.39, 0.29) is 36.0 Å². The van der Waals surface area contributed by atoms with Crippen LogP contribution in [0.15, 0.2) is 47.4 Å². The minimum Gasteiger partial charge on any atom is -0.369 e. The van der Waals surface area contributed by atoms with Crippen molar-refractivity contribution in [1.29, 1.82) is 0 Å². The van der Waals surface area contributed by atoms with Gasteiger partial charge in [0.05, 0.1) is 11.3 Å². The average Bonchev–Trinajstić information content (AvgIpc) is 2.72. The molecule has 1 fully saturated rings. The lowest BCUT2D eigenvalue weighted by Gasteiger charge is -2.35. The van der Waals surface area contributed by atoms with E-state index in [1.54, 1.807) is 12.1 Å². The molecule has 1 amide bonds. The number of pyridine rings is 1. The molecule has 0 radical (unpaired) electrons. The zero-order chi connectivity index (χ0) is 20.9. The van der Waals surface area contributed by atoms with Gasteiger partial charge in [0.25, 0.3) is 5.91 Å². The van der Waals surface area contributed by atoms with E-state index in [1.165, 1.54) is 34.8 Å². The maximum absolute atomic E-state index is 13.0. The van der Waals surface area contributed by atoms with Crippen molar-refractivity contribution >= 4 is 21.6 Å². The Morgan fingerprint density at radius 1 is 1.07 bits per heavy atom. The predicted molar refractivity (Wildman–Crippen MR) is 108 cm³/mol. The van der Waals surface area contributed by atoms with E-state index >= 15 is 0 Å². The fraction of sp³-hybridized carbons (Fsp3) is 0.368. The number of carbonyl (C=O) groups excluding carboxylic acids is 1. The molecule has 2 heterocycles. The van der Waals surface area contributed by atoms with Gasteiger partial charge >= 0.3 is 0 Å². The van der Waals surface area contributed by atoms with Crippen LogP contribution in [0.3, 0.4) is 0 Å². The van der Waals surface area contributed by atoms with E-state index in [4.69, 9.17) is 0 Å². The molecule has 1 aliphatic rings. The van der Waals surface area contributed by atoms with Crippen molar-refractivity contribution in [1.82, 2.24) is 14.6 Å². The molecule has 0 atom stereocenters. The van der Waals surface area contributed by atoms with Crippen molar-refractivity contribution < 1.29 is 17.6 Å². The zero-order valence-corrected chi connectivity index (χ0v) is 16.6. The summed E-state index contributed by atoms with van der Waals surface area (Å²) in [7, 11) is -3.42. The molecule has 10 heteroatoms. The molecule has 156 valence electrons. The Morgan fingerprint density at radius 2 is 1.76 bits per heavy atom. The zero-order valence-electron chi connectivity index (χ0n) is 15.8. The molecular formula is C19H23FN4O4S. The van der Waals surface area contributed by atoms with Gasteiger partial charge in [0, 0.05) is 50.7 Å². The minimum atomic E-state index is -3.42. The van der Waals surface area contributed by atoms with Crippen molar-refractivity contribution in [2.24, 2.45) is 0 Å². The molecule has 1 aromatic heterocycles. The standard InChI is InChI=1S/C19H23FN4O4S/c20-16-3-5-17(6-4-16)23-9-11-24(12-10-23)29(27,28)13-1-8-21-19(26)15-2-7-18(25)22-14-15/h2-7,14H,1,8-13H2,(H,21,26)(H,22,25). The summed E-state index contributed by atoms with van der Waals surface area (Å²) in [5.41, 5.74) is 0.880. The van der Waals surface area contributed by atoms with Crippen LogP contribution in [0.1, 0.15) is 16.8 Å². The van der Waals surface area contributed by atoms with E-state index in [2.05, 4.69) is 10.3 Å². The first-order chi connectivity index (χ1) is 13.8. The third-order valence-electron chi connectivity index (χ3n) is 4.73. The van der Waals surface area contributed by atoms with Crippen LogP contribution in [0.5, 0.6) is 0 Å². The SMILES string of the molecule is O=C(NCCCS(=O)(=O)N1CCN(c2ccc(F)cc2)CC1)c1ccc(=O)[nH]c1. The summed E-state index contributed by atoms with van der Waals surface area (Å²) in [5, 5.41) is 2.64. The Morgan fingerprint density at radius 3 is 2.38 bits per heavy atom. The molecule has 1 aliphatic heterocycles. The third kappa shape index (κ3) is 5.64. The number of halogens is 1. The number of sulfonamides is 1. The van der Waals surface area contributed by atoms with Crippen molar-refractivity contribution in [3.8, 4) is 0 Å². The highest BCUT2D eigenvalue weighted by molar-refractivity contribution is 7.89. The Bertz CT molecular complexity index is 979. The Balaban J connectivity index is 1.43. The van der Waals surface area contributed by atoms with Crippen molar-refractivity contribution in [3.63, 3.8) is 0 Å². The topological polar surface area (TPSA) is 103 Å². The van der Waals surface area contributed by atoms with Gasteiger partial charge in [0.15, 0.2) is 0 Å². The number of H-pyrrole nitrogens is 1. The number of nitrogens with one attached hydrogen (secondary N) is 2. The summed E-state index contributed by atoms with van der Waals surface area (Å²) in [6.45, 7) is 2.02. The van der Waals surface area contributed by atoms with Gasteiger partial charge < -0.3 is 15.2 Å². The van der Waals surface area contributed by atoms with Crippen LogP contribution in [-0.2, 0) is 10.0 Å². The number of nitrogens with zero attached hydrogens (tertiary/aromatic N) is 2. The van der Waals surface area contributed by atoms with E-state index < -0.39 is 10.0 Å². The second-order valence-electron chi connectivity index (χ2n) is 6.73. The summed E-state index contributed by atoms with van der Waals surface area (Å²) < 4.78 is 39.6. The molecule has 2 N–H and O–H groups in total. The first-order valence-electron chi connectivity index (χ1n) is 9.30. The van der Waals surface area contributed by atoms with Crippen molar-refractivity contribution in [2.75, 3.05) is 43.4 Å². The molecule has 29 heavy (non-hydrogen) atoms. The van der Waals surface area contributed by atoms with Gasteiger partial charge in [0.2, 0.25) is 15.6 Å². The minimum absolute atomic E-state index is 0.0601. The van der Waals surface area contributed by atoms with Gasteiger partial charge in [0.1, 0.15) is 5.82 Å². The normalized spacial score (nSPS) is 15.3. The Labute approximate surface area is 168 Å². The monoisotopic (exact) mass is 422 g/mol.